The lowest BCUT2D eigenvalue weighted by atomic mass is 9.91. The van der Waals surface area contributed by atoms with Crippen LogP contribution >= 0.6 is 15.9 Å². The highest BCUT2D eigenvalue weighted by Crippen LogP contribution is 2.43. The van der Waals surface area contributed by atoms with E-state index in [4.69, 9.17) is 0 Å². The Morgan fingerprint density at radius 1 is 0.321 bits per heavy atom. The average Bonchev–Trinajstić information content (AvgIpc) is 3.76. The monoisotopic (exact) mass is 742 g/mol. The van der Waals surface area contributed by atoms with Crippen molar-refractivity contribution in [1.29, 1.82) is 0 Å². The first-order chi connectivity index (χ1) is 26.0. The summed E-state index contributed by atoms with van der Waals surface area (Å²) < 4.78 is 1.14. The van der Waals surface area contributed by atoms with E-state index in [0.717, 1.165) is 17.3 Å². The SMILES string of the molecule is Brc1ccccc1-c1ccccc1.Cc1cc2c(cc1C)-c1ccccc1C2.c1ccc2c(c1)Cc1cc3c4ccccc4c4ccccc4c3cc1-2. The smallest absolute Gasteiger partial charge is 0.0253 e. The molecule has 9 aromatic carbocycles. The molecule has 0 fully saturated rings. The Labute approximate surface area is 320 Å². The fraction of sp³-hybridized carbons (Fsp3) is 0.0769. The van der Waals surface area contributed by atoms with Crippen molar-refractivity contribution in [2.45, 2.75) is 26.7 Å². The lowest BCUT2D eigenvalue weighted by Gasteiger charge is -2.12. The zero-order valence-corrected chi connectivity index (χ0v) is 31.6. The summed E-state index contributed by atoms with van der Waals surface area (Å²) in [6, 6.07) is 63.3. The lowest BCUT2D eigenvalue weighted by Crippen LogP contribution is -1.86. The summed E-state index contributed by atoms with van der Waals surface area (Å²) in [5, 5.41) is 8.14. The zero-order chi connectivity index (χ0) is 35.9. The average molecular weight is 744 g/mol. The second kappa shape index (κ2) is 14.0. The highest BCUT2D eigenvalue weighted by atomic mass is 79.9. The zero-order valence-electron chi connectivity index (χ0n) is 30.0. The molecule has 1 heteroatoms. The minimum Gasteiger partial charge on any atom is -0.0622 e. The van der Waals surface area contributed by atoms with Gasteiger partial charge >= 0.3 is 0 Å². The topological polar surface area (TPSA) is 0 Å². The van der Waals surface area contributed by atoms with Crippen molar-refractivity contribution < 1.29 is 0 Å². The molecule has 0 atom stereocenters. The van der Waals surface area contributed by atoms with Crippen molar-refractivity contribution in [2.75, 3.05) is 0 Å². The van der Waals surface area contributed by atoms with E-state index in [2.05, 4.69) is 188 Å². The quantitative estimate of drug-likeness (QED) is 0.147. The number of hydrogen-bond acceptors (Lipinski definition) is 0. The van der Waals surface area contributed by atoms with Gasteiger partial charge in [-0.3, -0.25) is 0 Å². The number of hydrogen-bond donors (Lipinski definition) is 0. The second-order valence-electron chi connectivity index (χ2n) is 14.3. The Bertz CT molecular complexity index is 2810. The van der Waals surface area contributed by atoms with E-state index in [1.165, 1.54) is 99.1 Å². The van der Waals surface area contributed by atoms with Crippen LogP contribution in [0.4, 0.5) is 0 Å². The summed E-state index contributed by atoms with van der Waals surface area (Å²) in [7, 11) is 0. The molecule has 0 saturated heterocycles. The summed E-state index contributed by atoms with van der Waals surface area (Å²) >= 11 is 3.53. The minimum absolute atomic E-state index is 1.04. The molecule has 254 valence electrons. The first kappa shape index (κ1) is 33.1. The molecule has 2 aliphatic carbocycles. The third kappa shape index (κ3) is 6.16. The van der Waals surface area contributed by atoms with Gasteiger partial charge in [0.15, 0.2) is 0 Å². The largest absolute Gasteiger partial charge is 0.0622 e. The first-order valence-corrected chi connectivity index (χ1v) is 19.3. The molecule has 53 heavy (non-hydrogen) atoms. The third-order valence-corrected chi connectivity index (χ3v) is 11.7. The van der Waals surface area contributed by atoms with E-state index in [1.807, 2.05) is 18.2 Å². The van der Waals surface area contributed by atoms with E-state index in [0.29, 0.717) is 0 Å². The van der Waals surface area contributed by atoms with Crippen LogP contribution in [-0.2, 0) is 12.8 Å². The van der Waals surface area contributed by atoms with Gasteiger partial charge in [0.2, 0.25) is 0 Å². The summed E-state index contributed by atoms with van der Waals surface area (Å²) in [6.07, 6.45) is 2.15. The van der Waals surface area contributed by atoms with Gasteiger partial charge in [0.25, 0.3) is 0 Å². The first-order valence-electron chi connectivity index (χ1n) is 18.5. The minimum atomic E-state index is 1.04. The van der Waals surface area contributed by atoms with Gasteiger partial charge in [0.1, 0.15) is 0 Å². The Balaban J connectivity index is 0.000000114. The van der Waals surface area contributed by atoms with Crippen LogP contribution in [-0.4, -0.2) is 0 Å². The van der Waals surface area contributed by atoms with Crippen LogP contribution in [0.1, 0.15) is 33.4 Å². The summed E-state index contributed by atoms with van der Waals surface area (Å²) in [5.41, 5.74) is 16.8. The van der Waals surface area contributed by atoms with Gasteiger partial charge in [-0.05, 0) is 144 Å². The van der Waals surface area contributed by atoms with Crippen LogP contribution in [0, 0.1) is 13.8 Å². The van der Waals surface area contributed by atoms with Gasteiger partial charge in [-0.1, -0.05) is 174 Å². The highest BCUT2D eigenvalue weighted by Gasteiger charge is 2.20. The molecule has 0 heterocycles. The third-order valence-electron chi connectivity index (χ3n) is 11.0. The molecule has 0 aliphatic heterocycles. The molecule has 0 N–H and O–H groups in total. The van der Waals surface area contributed by atoms with Gasteiger partial charge in [-0.25, -0.2) is 0 Å². The van der Waals surface area contributed by atoms with Gasteiger partial charge in [-0.15, -0.1) is 0 Å². The molecule has 0 nitrogen and oxygen atoms in total. The summed E-state index contributed by atoms with van der Waals surface area (Å²) in [5.74, 6) is 0. The van der Waals surface area contributed by atoms with Crippen LogP contribution in [0.25, 0.3) is 65.7 Å². The Hall–Kier alpha value is -5.76. The predicted octanol–water partition coefficient (Wildman–Crippen LogP) is 14.7. The predicted molar refractivity (Wildman–Crippen MR) is 231 cm³/mol. The molecular formula is C52H39Br. The molecule has 0 aromatic heterocycles. The molecular weight excluding hydrogens is 704 g/mol. The lowest BCUT2D eigenvalue weighted by molar-refractivity contribution is 1.23. The molecule has 0 bridgehead atoms. The molecule has 9 aromatic rings. The molecule has 0 radical (unpaired) electrons. The maximum Gasteiger partial charge on any atom is 0.0253 e. The van der Waals surface area contributed by atoms with Crippen molar-refractivity contribution in [1.82, 2.24) is 0 Å². The van der Waals surface area contributed by atoms with Crippen LogP contribution in [0.3, 0.4) is 0 Å². The highest BCUT2D eigenvalue weighted by molar-refractivity contribution is 9.10. The van der Waals surface area contributed by atoms with Gasteiger partial charge in [-0.2, -0.15) is 0 Å². The Morgan fingerprint density at radius 2 is 0.736 bits per heavy atom. The number of rotatable bonds is 1. The number of halogens is 1. The molecule has 0 saturated carbocycles. The Kier molecular flexibility index (Phi) is 8.74. The van der Waals surface area contributed by atoms with Crippen LogP contribution in [0.5, 0.6) is 0 Å². The van der Waals surface area contributed by atoms with Crippen molar-refractivity contribution >= 4 is 48.2 Å². The second-order valence-corrected chi connectivity index (χ2v) is 15.1. The molecule has 0 spiro atoms. The standard InChI is InChI=1S/C25H16.C15H14.C12H9Br/c1-2-8-18-16(7-1)13-17-14-24-21-11-5-3-9-19(21)20-10-4-6-12-22(20)25(24)15-23(17)18;1-10-7-13-9-12-5-3-4-6-14(12)15(13)8-11(10)2;13-12-9-5-4-8-11(12)10-6-2-1-3-7-10/h1-12,14-15H,13H2;3-8H,9H2,1-2H3;1-9H. The fourth-order valence-corrected chi connectivity index (χ4v) is 8.78. The molecule has 2 aliphatic rings. The van der Waals surface area contributed by atoms with Gasteiger partial charge in [0.05, 0.1) is 0 Å². The van der Waals surface area contributed by atoms with E-state index in [9.17, 15) is 0 Å². The van der Waals surface area contributed by atoms with Crippen molar-refractivity contribution in [3.63, 3.8) is 0 Å². The van der Waals surface area contributed by atoms with Crippen LogP contribution in [0.15, 0.2) is 180 Å². The maximum absolute atomic E-state index is 3.53. The number of aryl methyl sites for hydroxylation is 2. The molecule has 11 rings (SSSR count). The van der Waals surface area contributed by atoms with Crippen LogP contribution < -0.4 is 0 Å². The normalized spacial score (nSPS) is 11.9. The van der Waals surface area contributed by atoms with Crippen LogP contribution in [0.2, 0.25) is 0 Å². The van der Waals surface area contributed by atoms with Gasteiger partial charge < -0.3 is 0 Å². The van der Waals surface area contributed by atoms with E-state index >= 15 is 0 Å². The Morgan fingerprint density at radius 3 is 1.32 bits per heavy atom. The van der Waals surface area contributed by atoms with E-state index < -0.39 is 0 Å². The fourth-order valence-electron chi connectivity index (χ4n) is 8.26. The maximum atomic E-state index is 3.53. The van der Waals surface area contributed by atoms with Crippen molar-refractivity contribution in [2.24, 2.45) is 0 Å². The number of benzene rings is 9. The van der Waals surface area contributed by atoms with E-state index in [1.54, 1.807) is 0 Å². The summed E-state index contributed by atoms with van der Waals surface area (Å²) in [4.78, 5) is 0. The van der Waals surface area contributed by atoms with E-state index in [-0.39, 0.29) is 0 Å². The van der Waals surface area contributed by atoms with Crippen molar-refractivity contribution in [3.05, 3.63) is 214 Å². The molecule has 0 unspecified atom stereocenters. The number of fused-ring (bicyclic) bond motifs is 12. The summed E-state index contributed by atoms with van der Waals surface area (Å²) in [6.45, 7) is 4.38. The van der Waals surface area contributed by atoms with Gasteiger partial charge in [0, 0.05) is 4.47 Å². The van der Waals surface area contributed by atoms with Crippen molar-refractivity contribution in [3.8, 4) is 33.4 Å². The molecule has 0 amide bonds.